The SMILES string of the molecule is CCOc1ccc(OCC)c(NC(=O)c2cccc(C)c2[N+](=O)[O-])c1. The first-order chi connectivity index (χ1) is 12.0. The Morgan fingerprint density at radius 1 is 1.16 bits per heavy atom. The van der Waals surface area contributed by atoms with Gasteiger partial charge in [-0.15, -0.1) is 0 Å². The number of carbonyl (C=O) groups excluding carboxylic acids is 1. The Balaban J connectivity index is 2.39. The Bertz CT molecular complexity index is 789. The Labute approximate surface area is 145 Å². The van der Waals surface area contributed by atoms with Crippen LogP contribution in [0.3, 0.4) is 0 Å². The topological polar surface area (TPSA) is 90.7 Å². The van der Waals surface area contributed by atoms with Crippen molar-refractivity contribution < 1.29 is 19.2 Å². The predicted molar refractivity (Wildman–Crippen MR) is 94.6 cm³/mol. The van der Waals surface area contributed by atoms with Gasteiger partial charge in [-0.3, -0.25) is 14.9 Å². The normalized spacial score (nSPS) is 10.2. The van der Waals surface area contributed by atoms with Crippen LogP contribution < -0.4 is 14.8 Å². The minimum atomic E-state index is -0.579. The zero-order valence-corrected chi connectivity index (χ0v) is 14.4. The van der Waals surface area contributed by atoms with Crippen LogP contribution in [0.5, 0.6) is 11.5 Å². The monoisotopic (exact) mass is 344 g/mol. The fourth-order valence-corrected chi connectivity index (χ4v) is 2.42. The molecule has 0 radical (unpaired) electrons. The summed E-state index contributed by atoms with van der Waals surface area (Å²) in [5, 5.41) is 14.0. The number of hydrogen-bond donors (Lipinski definition) is 1. The summed E-state index contributed by atoms with van der Waals surface area (Å²) >= 11 is 0. The molecule has 7 heteroatoms. The number of aryl methyl sites for hydroxylation is 1. The highest BCUT2D eigenvalue weighted by molar-refractivity contribution is 6.08. The van der Waals surface area contributed by atoms with Crippen molar-refractivity contribution in [1.29, 1.82) is 0 Å². The molecule has 0 bridgehead atoms. The molecule has 1 N–H and O–H groups in total. The molecule has 1 amide bonds. The molecule has 2 rings (SSSR count). The van der Waals surface area contributed by atoms with Crippen LogP contribution in [0.4, 0.5) is 11.4 Å². The number of nitro groups is 1. The van der Waals surface area contributed by atoms with Crippen LogP contribution in [0.25, 0.3) is 0 Å². The van der Waals surface area contributed by atoms with Crippen molar-refractivity contribution in [2.24, 2.45) is 0 Å². The summed E-state index contributed by atoms with van der Waals surface area (Å²) in [6, 6.07) is 9.68. The predicted octanol–water partition coefficient (Wildman–Crippen LogP) is 3.95. The number of rotatable bonds is 7. The van der Waals surface area contributed by atoms with Crippen LogP contribution >= 0.6 is 0 Å². The first-order valence-corrected chi connectivity index (χ1v) is 7.92. The number of nitrogens with one attached hydrogen (secondary N) is 1. The maximum atomic E-state index is 12.6. The minimum absolute atomic E-state index is 0.00531. The largest absolute Gasteiger partial charge is 0.494 e. The van der Waals surface area contributed by atoms with E-state index in [0.717, 1.165) is 0 Å². The number of carbonyl (C=O) groups is 1. The number of para-hydroxylation sites is 1. The van der Waals surface area contributed by atoms with Crippen molar-refractivity contribution in [3.63, 3.8) is 0 Å². The summed E-state index contributed by atoms with van der Waals surface area (Å²) in [4.78, 5) is 23.3. The van der Waals surface area contributed by atoms with E-state index in [1.165, 1.54) is 6.07 Å². The number of amides is 1. The first kappa shape index (κ1) is 18.3. The molecule has 0 fully saturated rings. The van der Waals surface area contributed by atoms with E-state index >= 15 is 0 Å². The number of nitrogens with zero attached hydrogens (tertiary/aromatic N) is 1. The highest BCUT2D eigenvalue weighted by atomic mass is 16.6. The molecule has 25 heavy (non-hydrogen) atoms. The lowest BCUT2D eigenvalue weighted by Crippen LogP contribution is -2.15. The lowest BCUT2D eigenvalue weighted by molar-refractivity contribution is -0.385. The Morgan fingerprint density at radius 2 is 1.88 bits per heavy atom. The molecule has 0 saturated heterocycles. The Kier molecular flexibility index (Phi) is 5.94. The molecule has 2 aromatic rings. The number of benzene rings is 2. The second kappa shape index (κ2) is 8.14. The van der Waals surface area contributed by atoms with Crippen molar-refractivity contribution in [3.8, 4) is 11.5 Å². The van der Waals surface area contributed by atoms with Gasteiger partial charge in [-0.1, -0.05) is 12.1 Å². The number of ether oxygens (including phenoxy) is 2. The van der Waals surface area contributed by atoms with Gasteiger partial charge in [0.25, 0.3) is 11.6 Å². The minimum Gasteiger partial charge on any atom is -0.494 e. The summed E-state index contributed by atoms with van der Waals surface area (Å²) in [5.41, 5.74) is 0.604. The Morgan fingerprint density at radius 3 is 2.52 bits per heavy atom. The van der Waals surface area contributed by atoms with Crippen molar-refractivity contribution in [1.82, 2.24) is 0 Å². The van der Waals surface area contributed by atoms with Gasteiger partial charge in [-0.2, -0.15) is 0 Å². The summed E-state index contributed by atoms with van der Waals surface area (Å²) < 4.78 is 10.9. The lowest BCUT2D eigenvalue weighted by atomic mass is 10.1. The van der Waals surface area contributed by atoms with Crippen LogP contribution in [-0.4, -0.2) is 24.0 Å². The summed E-state index contributed by atoms with van der Waals surface area (Å²) in [5.74, 6) is 0.458. The third-order valence-corrected chi connectivity index (χ3v) is 3.48. The van der Waals surface area contributed by atoms with E-state index in [1.807, 2.05) is 13.8 Å². The standard InChI is InChI=1S/C18H20N2O5/c1-4-24-13-9-10-16(25-5-2)15(11-13)19-18(21)14-8-6-7-12(3)17(14)20(22)23/h6-11H,4-5H2,1-3H3,(H,19,21). The van der Waals surface area contributed by atoms with Crippen molar-refractivity contribution in [3.05, 3.63) is 57.6 Å². The third kappa shape index (κ3) is 4.26. The average molecular weight is 344 g/mol. The quantitative estimate of drug-likeness (QED) is 0.606. The van der Waals surface area contributed by atoms with E-state index in [0.29, 0.717) is 36.0 Å². The van der Waals surface area contributed by atoms with E-state index < -0.39 is 10.8 Å². The van der Waals surface area contributed by atoms with Gasteiger partial charge >= 0.3 is 0 Å². The maximum Gasteiger partial charge on any atom is 0.285 e. The van der Waals surface area contributed by atoms with Crippen molar-refractivity contribution in [2.75, 3.05) is 18.5 Å². The van der Waals surface area contributed by atoms with Gasteiger partial charge < -0.3 is 14.8 Å². The maximum absolute atomic E-state index is 12.6. The van der Waals surface area contributed by atoms with Crippen molar-refractivity contribution >= 4 is 17.3 Å². The lowest BCUT2D eigenvalue weighted by Gasteiger charge is -2.14. The second-order valence-electron chi connectivity index (χ2n) is 5.21. The van der Waals surface area contributed by atoms with E-state index in [1.54, 1.807) is 37.3 Å². The van der Waals surface area contributed by atoms with Crippen molar-refractivity contribution in [2.45, 2.75) is 20.8 Å². The van der Waals surface area contributed by atoms with Gasteiger partial charge in [0.05, 0.1) is 23.8 Å². The highest BCUT2D eigenvalue weighted by Gasteiger charge is 2.23. The fraction of sp³-hybridized carbons (Fsp3) is 0.278. The number of nitro benzene ring substituents is 1. The van der Waals surface area contributed by atoms with Gasteiger partial charge in [0.2, 0.25) is 0 Å². The van der Waals surface area contributed by atoms with E-state index in [9.17, 15) is 14.9 Å². The molecule has 132 valence electrons. The smallest absolute Gasteiger partial charge is 0.285 e. The van der Waals surface area contributed by atoms with Crippen LogP contribution in [0.2, 0.25) is 0 Å². The highest BCUT2D eigenvalue weighted by Crippen LogP contribution is 2.31. The van der Waals surface area contributed by atoms with Gasteiger partial charge in [0, 0.05) is 11.6 Å². The van der Waals surface area contributed by atoms with Crippen LogP contribution in [-0.2, 0) is 0 Å². The molecule has 0 aliphatic rings. The van der Waals surface area contributed by atoms with Gasteiger partial charge in [-0.25, -0.2) is 0 Å². The van der Waals surface area contributed by atoms with Gasteiger partial charge in [-0.05, 0) is 39.0 Å². The van der Waals surface area contributed by atoms with E-state index in [4.69, 9.17) is 9.47 Å². The zero-order chi connectivity index (χ0) is 18.4. The zero-order valence-electron chi connectivity index (χ0n) is 14.4. The molecule has 0 aromatic heterocycles. The number of hydrogen-bond acceptors (Lipinski definition) is 5. The molecule has 0 spiro atoms. The van der Waals surface area contributed by atoms with Gasteiger partial charge in [0.1, 0.15) is 17.1 Å². The molecule has 2 aromatic carbocycles. The molecular weight excluding hydrogens is 324 g/mol. The Hall–Kier alpha value is -3.09. The first-order valence-electron chi connectivity index (χ1n) is 7.92. The molecule has 0 unspecified atom stereocenters. The van der Waals surface area contributed by atoms with Crippen LogP contribution in [0.1, 0.15) is 29.8 Å². The second-order valence-corrected chi connectivity index (χ2v) is 5.21. The molecule has 0 heterocycles. The summed E-state index contributed by atoms with van der Waals surface area (Å²) in [6.07, 6.45) is 0. The molecule has 0 atom stereocenters. The molecule has 0 aliphatic heterocycles. The van der Waals surface area contributed by atoms with Crippen LogP contribution in [0, 0.1) is 17.0 Å². The fourth-order valence-electron chi connectivity index (χ4n) is 2.42. The summed E-state index contributed by atoms with van der Waals surface area (Å²) in [7, 11) is 0. The molecule has 7 nitrogen and oxygen atoms in total. The average Bonchev–Trinajstić information content (AvgIpc) is 2.57. The third-order valence-electron chi connectivity index (χ3n) is 3.48. The summed E-state index contributed by atoms with van der Waals surface area (Å²) in [6.45, 7) is 6.17. The number of anilines is 1. The molecule has 0 saturated carbocycles. The van der Waals surface area contributed by atoms with E-state index in [-0.39, 0.29) is 11.3 Å². The molecular formula is C18H20N2O5. The van der Waals surface area contributed by atoms with E-state index in [2.05, 4.69) is 5.32 Å². The van der Waals surface area contributed by atoms with Gasteiger partial charge in [0.15, 0.2) is 0 Å². The molecule has 0 aliphatic carbocycles. The van der Waals surface area contributed by atoms with Crippen LogP contribution in [0.15, 0.2) is 36.4 Å².